The summed E-state index contributed by atoms with van der Waals surface area (Å²) in [5.41, 5.74) is 0.183. The minimum absolute atomic E-state index is 0.0818. The highest BCUT2D eigenvalue weighted by atomic mass is 35.5. The Kier molecular flexibility index (Phi) is 8.15. The minimum Gasteiger partial charge on any atom is -0.343 e. The van der Waals surface area contributed by atoms with Crippen LogP contribution in [0.5, 0.6) is 0 Å². The maximum atomic E-state index is 13.1. The predicted molar refractivity (Wildman–Crippen MR) is 125 cm³/mol. The minimum atomic E-state index is -3.68. The number of halogens is 1. The highest BCUT2D eigenvalue weighted by Crippen LogP contribution is 2.25. The summed E-state index contributed by atoms with van der Waals surface area (Å²) in [6.45, 7) is 8.48. The number of quaternary nitrogens is 1. The van der Waals surface area contributed by atoms with Crippen molar-refractivity contribution in [3.05, 3.63) is 51.2 Å². The Morgan fingerprint density at radius 1 is 1.23 bits per heavy atom. The Morgan fingerprint density at radius 2 is 1.90 bits per heavy atom. The standard InChI is InChI=1S/C22H30ClN3O3S2/c1-4-26(5-2)31(28,29)17-10-11-19(23)18(15-17)22(27)24-16(3)21(20-9-8-14-30-20)25-12-6-7-13-25/h8-11,14-16,21H,4-7,12-13H2,1-3H3,(H,24,27)/p+1/t16-,21+/m0/s1. The third-order valence-corrected chi connectivity index (χ3v) is 9.25. The first-order valence-electron chi connectivity index (χ1n) is 10.8. The van der Waals surface area contributed by atoms with Gasteiger partial charge in [-0.2, -0.15) is 4.31 Å². The number of rotatable bonds is 9. The molecule has 1 saturated heterocycles. The first kappa shape index (κ1) is 24.2. The van der Waals surface area contributed by atoms with Crippen LogP contribution >= 0.6 is 22.9 Å². The number of benzene rings is 1. The molecule has 2 heterocycles. The van der Waals surface area contributed by atoms with Crippen molar-refractivity contribution in [1.82, 2.24) is 9.62 Å². The molecule has 1 amide bonds. The normalized spacial score (nSPS) is 17.1. The van der Waals surface area contributed by atoms with E-state index in [2.05, 4.69) is 16.8 Å². The molecule has 1 aliphatic rings. The lowest BCUT2D eigenvalue weighted by Gasteiger charge is -2.29. The fourth-order valence-corrected chi connectivity index (χ4v) is 7.01. The molecule has 0 saturated carbocycles. The first-order chi connectivity index (χ1) is 14.8. The molecule has 170 valence electrons. The highest BCUT2D eigenvalue weighted by molar-refractivity contribution is 7.89. The Bertz CT molecular complexity index is 985. The van der Waals surface area contributed by atoms with Gasteiger partial charge in [-0.05, 0) is 36.6 Å². The van der Waals surface area contributed by atoms with Crippen LogP contribution in [-0.2, 0) is 10.0 Å². The summed E-state index contributed by atoms with van der Waals surface area (Å²) >= 11 is 8.01. The van der Waals surface area contributed by atoms with Gasteiger partial charge in [-0.3, -0.25) is 4.79 Å². The molecule has 0 unspecified atom stereocenters. The van der Waals surface area contributed by atoms with Gasteiger partial charge in [0.05, 0.1) is 39.5 Å². The molecule has 3 rings (SSSR count). The lowest BCUT2D eigenvalue weighted by molar-refractivity contribution is -0.920. The van der Waals surface area contributed by atoms with Gasteiger partial charge in [-0.25, -0.2) is 8.42 Å². The lowest BCUT2D eigenvalue weighted by atomic mass is 10.1. The molecule has 0 radical (unpaired) electrons. The van der Waals surface area contributed by atoms with Crippen molar-refractivity contribution in [2.24, 2.45) is 0 Å². The molecule has 0 aliphatic carbocycles. The molecule has 1 aromatic heterocycles. The number of hydrogen-bond acceptors (Lipinski definition) is 4. The van der Waals surface area contributed by atoms with Crippen LogP contribution in [0, 0.1) is 0 Å². The van der Waals surface area contributed by atoms with Gasteiger partial charge in [0.2, 0.25) is 10.0 Å². The quantitative estimate of drug-likeness (QED) is 0.574. The van der Waals surface area contributed by atoms with Crippen molar-refractivity contribution in [3.63, 3.8) is 0 Å². The van der Waals surface area contributed by atoms with E-state index >= 15 is 0 Å². The predicted octanol–water partition coefficient (Wildman–Crippen LogP) is 2.97. The van der Waals surface area contributed by atoms with Crippen molar-refractivity contribution in [2.45, 2.75) is 50.6 Å². The van der Waals surface area contributed by atoms with E-state index in [1.165, 1.54) is 45.1 Å². The second-order valence-corrected chi connectivity index (χ2v) is 11.2. The monoisotopic (exact) mass is 484 g/mol. The highest BCUT2D eigenvalue weighted by Gasteiger charge is 2.34. The van der Waals surface area contributed by atoms with Crippen LogP contribution in [0.3, 0.4) is 0 Å². The molecule has 0 spiro atoms. The van der Waals surface area contributed by atoms with Crippen LogP contribution in [0.25, 0.3) is 0 Å². The second kappa shape index (κ2) is 10.4. The number of thiophene rings is 1. The van der Waals surface area contributed by atoms with E-state index in [1.54, 1.807) is 25.2 Å². The average Bonchev–Trinajstić information content (AvgIpc) is 3.44. The van der Waals surface area contributed by atoms with Crippen LogP contribution in [0.2, 0.25) is 5.02 Å². The van der Waals surface area contributed by atoms with E-state index in [0.717, 1.165) is 13.1 Å². The number of amides is 1. The van der Waals surface area contributed by atoms with Crippen molar-refractivity contribution in [1.29, 1.82) is 0 Å². The zero-order valence-corrected chi connectivity index (χ0v) is 20.6. The fourth-order valence-electron chi connectivity index (χ4n) is 4.33. The summed E-state index contributed by atoms with van der Waals surface area (Å²) in [5, 5.41) is 5.39. The van der Waals surface area contributed by atoms with Gasteiger partial charge in [0.15, 0.2) is 0 Å². The SMILES string of the molecule is CCN(CC)S(=O)(=O)c1ccc(Cl)c(C(=O)N[C@@H](C)[C@H](c2cccs2)[NH+]2CCCC2)c1. The molecule has 9 heteroatoms. The van der Waals surface area contributed by atoms with Crippen LogP contribution in [0.1, 0.15) is 54.9 Å². The summed E-state index contributed by atoms with van der Waals surface area (Å²) in [6.07, 6.45) is 2.38. The number of hydrogen-bond donors (Lipinski definition) is 2. The van der Waals surface area contributed by atoms with E-state index in [-0.39, 0.29) is 33.5 Å². The molecule has 1 aromatic carbocycles. The zero-order chi connectivity index (χ0) is 22.6. The molecule has 0 bridgehead atoms. The molecular weight excluding hydrogens is 454 g/mol. The van der Waals surface area contributed by atoms with Gasteiger partial charge in [0.1, 0.15) is 6.04 Å². The molecule has 2 atom stereocenters. The van der Waals surface area contributed by atoms with Gasteiger partial charge in [0, 0.05) is 25.9 Å². The van der Waals surface area contributed by atoms with Crippen LogP contribution in [0.4, 0.5) is 0 Å². The topological polar surface area (TPSA) is 70.9 Å². The third-order valence-electron chi connectivity index (χ3n) is 5.92. The molecule has 2 N–H and O–H groups in total. The lowest BCUT2D eigenvalue weighted by Crippen LogP contribution is -3.11. The van der Waals surface area contributed by atoms with E-state index in [1.807, 2.05) is 13.0 Å². The van der Waals surface area contributed by atoms with Crippen LogP contribution < -0.4 is 10.2 Å². The second-order valence-electron chi connectivity index (χ2n) is 7.85. The number of sulfonamides is 1. The molecule has 1 aliphatic heterocycles. The Labute approximate surface area is 194 Å². The van der Waals surface area contributed by atoms with Gasteiger partial charge in [0.25, 0.3) is 5.91 Å². The maximum absolute atomic E-state index is 13.1. The van der Waals surface area contributed by atoms with Crippen molar-refractivity contribution in [2.75, 3.05) is 26.2 Å². The Hall–Kier alpha value is -1.45. The van der Waals surface area contributed by atoms with Gasteiger partial charge >= 0.3 is 0 Å². The summed E-state index contributed by atoms with van der Waals surface area (Å²) in [4.78, 5) is 15.9. The van der Waals surface area contributed by atoms with E-state index in [4.69, 9.17) is 11.6 Å². The van der Waals surface area contributed by atoms with Crippen molar-refractivity contribution >= 4 is 38.9 Å². The number of carbonyl (C=O) groups excluding carboxylic acids is 1. The Balaban J connectivity index is 1.85. The molecule has 31 heavy (non-hydrogen) atoms. The Morgan fingerprint density at radius 3 is 2.48 bits per heavy atom. The molecular formula is C22H31ClN3O3S2+. The van der Waals surface area contributed by atoms with E-state index in [9.17, 15) is 13.2 Å². The van der Waals surface area contributed by atoms with Crippen LogP contribution in [0.15, 0.2) is 40.6 Å². The molecule has 1 fully saturated rings. The summed E-state index contributed by atoms with van der Waals surface area (Å²) < 4.78 is 27.1. The molecule has 6 nitrogen and oxygen atoms in total. The van der Waals surface area contributed by atoms with Gasteiger partial charge in [-0.1, -0.05) is 31.5 Å². The third kappa shape index (κ3) is 5.31. The zero-order valence-electron chi connectivity index (χ0n) is 18.2. The number of nitrogens with zero attached hydrogens (tertiary/aromatic N) is 1. The average molecular weight is 485 g/mol. The van der Waals surface area contributed by atoms with E-state index in [0.29, 0.717) is 13.1 Å². The fraction of sp³-hybridized carbons (Fsp3) is 0.500. The van der Waals surface area contributed by atoms with E-state index < -0.39 is 10.0 Å². The summed E-state index contributed by atoms with van der Waals surface area (Å²) in [6, 6.07) is 8.52. The smallest absolute Gasteiger partial charge is 0.253 e. The van der Waals surface area contributed by atoms with Crippen molar-refractivity contribution < 1.29 is 18.1 Å². The number of carbonyl (C=O) groups is 1. The summed E-state index contributed by atoms with van der Waals surface area (Å²) in [5.74, 6) is -0.353. The van der Waals surface area contributed by atoms with Crippen LogP contribution in [-0.4, -0.2) is 50.9 Å². The number of nitrogens with one attached hydrogen (secondary N) is 2. The van der Waals surface area contributed by atoms with Gasteiger partial charge in [-0.15, -0.1) is 11.3 Å². The van der Waals surface area contributed by atoms with Crippen molar-refractivity contribution in [3.8, 4) is 0 Å². The molecule has 2 aromatic rings. The maximum Gasteiger partial charge on any atom is 0.253 e. The largest absolute Gasteiger partial charge is 0.343 e. The first-order valence-corrected chi connectivity index (χ1v) is 13.5. The number of likely N-dealkylation sites (tertiary alicyclic amines) is 1. The summed E-state index contributed by atoms with van der Waals surface area (Å²) in [7, 11) is -3.68. The van der Waals surface area contributed by atoms with Gasteiger partial charge < -0.3 is 10.2 Å².